The van der Waals surface area contributed by atoms with E-state index in [1.807, 2.05) is 5.32 Å². The highest BCUT2D eigenvalue weighted by Gasteiger charge is 2.43. The molecule has 0 saturated heterocycles. The lowest BCUT2D eigenvalue weighted by Gasteiger charge is -2.20. The van der Waals surface area contributed by atoms with Crippen LogP contribution >= 0.6 is 0 Å². The van der Waals surface area contributed by atoms with Gasteiger partial charge in [-0.05, 0) is 12.1 Å². The molecule has 8 heteroatoms. The van der Waals surface area contributed by atoms with Crippen molar-refractivity contribution < 1.29 is 22.5 Å². The Morgan fingerprint density at radius 1 is 1.32 bits per heavy atom. The number of carbonyl (C=O) groups excluding carboxylic acids is 1. The SMILES string of the molecule is O=C(NC(c1ccccn1)C(F)(F)F)c1ccon1. The van der Waals surface area contributed by atoms with Crippen molar-refractivity contribution in [3.8, 4) is 0 Å². The Morgan fingerprint density at radius 2 is 2.11 bits per heavy atom. The van der Waals surface area contributed by atoms with Crippen LogP contribution in [0.1, 0.15) is 22.2 Å². The van der Waals surface area contributed by atoms with Gasteiger partial charge in [0.15, 0.2) is 11.7 Å². The van der Waals surface area contributed by atoms with Gasteiger partial charge in [-0.15, -0.1) is 0 Å². The van der Waals surface area contributed by atoms with E-state index in [0.29, 0.717) is 0 Å². The van der Waals surface area contributed by atoms with Gasteiger partial charge in [0.05, 0.1) is 5.69 Å². The highest BCUT2D eigenvalue weighted by atomic mass is 19.4. The maximum Gasteiger partial charge on any atom is 0.414 e. The number of halogens is 3. The van der Waals surface area contributed by atoms with Crippen LogP contribution in [0.25, 0.3) is 0 Å². The van der Waals surface area contributed by atoms with Crippen molar-refractivity contribution in [1.29, 1.82) is 0 Å². The molecular weight excluding hydrogens is 263 g/mol. The van der Waals surface area contributed by atoms with Crippen LogP contribution in [0.4, 0.5) is 13.2 Å². The standard InChI is InChI=1S/C11H8F3N3O2/c12-11(13,14)9(7-3-1-2-5-15-7)16-10(18)8-4-6-19-17-8/h1-6,9H,(H,16,18). The lowest BCUT2D eigenvalue weighted by molar-refractivity contribution is -0.156. The molecule has 1 unspecified atom stereocenters. The van der Waals surface area contributed by atoms with Crippen LogP contribution in [0.3, 0.4) is 0 Å². The lowest BCUT2D eigenvalue weighted by Crippen LogP contribution is -2.38. The molecule has 0 radical (unpaired) electrons. The molecule has 5 nitrogen and oxygen atoms in total. The minimum atomic E-state index is -4.66. The van der Waals surface area contributed by atoms with Gasteiger partial charge < -0.3 is 9.84 Å². The summed E-state index contributed by atoms with van der Waals surface area (Å²) < 4.78 is 43.1. The molecule has 0 aliphatic carbocycles. The molecule has 2 aromatic rings. The minimum absolute atomic E-state index is 0.231. The molecule has 0 saturated carbocycles. The van der Waals surface area contributed by atoms with Gasteiger partial charge in [-0.3, -0.25) is 9.78 Å². The number of pyridine rings is 1. The van der Waals surface area contributed by atoms with Crippen molar-refractivity contribution in [3.05, 3.63) is 48.1 Å². The van der Waals surface area contributed by atoms with Gasteiger partial charge >= 0.3 is 6.18 Å². The normalized spacial score (nSPS) is 13.0. The van der Waals surface area contributed by atoms with Crippen LogP contribution in [0.2, 0.25) is 0 Å². The number of hydrogen-bond donors (Lipinski definition) is 1. The third-order valence-corrected chi connectivity index (χ3v) is 2.26. The molecule has 1 N–H and O–H groups in total. The predicted molar refractivity (Wildman–Crippen MR) is 57.0 cm³/mol. The Kier molecular flexibility index (Phi) is 3.50. The number of rotatable bonds is 3. The number of amides is 1. The number of alkyl halides is 3. The molecule has 1 amide bonds. The van der Waals surface area contributed by atoms with Crippen molar-refractivity contribution in [2.24, 2.45) is 0 Å². The van der Waals surface area contributed by atoms with E-state index in [2.05, 4.69) is 14.7 Å². The fourth-order valence-corrected chi connectivity index (χ4v) is 1.40. The van der Waals surface area contributed by atoms with Crippen molar-refractivity contribution in [1.82, 2.24) is 15.5 Å². The summed E-state index contributed by atoms with van der Waals surface area (Å²) >= 11 is 0. The number of aromatic nitrogens is 2. The molecule has 2 aromatic heterocycles. The Balaban J connectivity index is 2.23. The van der Waals surface area contributed by atoms with Crippen molar-refractivity contribution in [2.45, 2.75) is 12.2 Å². The van der Waals surface area contributed by atoms with Gasteiger partial charge in [0, 0.05) is 12.3 Å². The monoisotopic (exact) mass is 271 g/mol. The number of nitrogens with zero attached hydrogens (tertiary/aromatic N) is 2. The highest BCUT2D eigenvalue weighted by molar-refractivity contribution is 5.92. The molecular formula is C11H8F3N3O2. The van der Waals surface area contributed by atoms with E-state index in [4.69, 9.17) is 0 Å². The number of hydrogen-bond acceptors (Lipinski definition) is 4. The largest absolute Gasteiger partial charge is 0.414 e. The number of carbonyl (C=O) groups is 1. The summed E-state index contributed by atoms with van der Waals surface area (Å²) in [6, 6.07) is 3.04. The van der Waals surface area contributed by atoms with Crippen LogP contribution in [0, 0.1) is 0 Å². The summed E-state index contributed by atoms with van der Waals surface area (Å²) in [5.41, 5.74) is -0.531. The fourth-order valence-electron chi connectivity index (χ4n) is 1.40. The summed E-state index contributed by atoms with van der Waals surface area (Å²) in [6.07, 6.45) is -2.34. The summed E-state index contributed by atoms with van der Waals surface area (Å²) in [6.45, 7) is 0. The first-order valence-corrected chi connectivity index (χ1v) is 5.17. The van der Waals surface area contributed by atoms with Crippen LogP contribution < -0.4 is 5.32 Å². The summed E-state index contributed by atoms with van der Waals surface area (Å²) in [7, 11) is 0. The second kappa shape index (κ2) is 5.09. The Hall–Kier alpha value is -2.38. The van der Waals surface area contributed by atoms with Crippen molar-refractivity contribution >= 4 is 5.91 Å². The molecule has 2 heterocycles. The quantitative estimate of drug-likeness (QED) is 0.928. The van der Waals surface area contributed by atoms with Gasteiger partial charge in [-0.2, -0.15) is 13.2 Å². The molecule has 19 heavy (non-hydrogen) atoms. The topological polar surface area (TPSA) is 68.0 Å². The Labute approximate surface area is 105 Å². The molecule has 100 valence electrons. The Morgan fingerprint density at radius 3 is 2.63 bits per heavy atom. The zero-order chi connectivity index (χ0) is 13.9. The first-order valence-electron chi connectivity index (χ1n) is 5.17. The highest BCUT2D eigenvalue weighted by Crippen LogP contribution is 2.31. The predicted octanol–water partition coefficient (Wildman–Crippen LogP) is 2.10. The fraction of sp³-hybridized carbons (Fsp3) is 0.182. The van der Waals surface area contributed by atoms with E-state index in [0.717, 1.165) is 6.26 Å². The number of nitrogens with one attached hydrogen (secondary N) is 1. The minimum Gasteiger partial charge on any atom is -0.364 e. The molecule has 0 spiro atoms. The average Bonchev–Trinajstić information content (AvgIpc) is 2.89. The van der Waals surface area contributed by atoms with E-state index in [1.54, 1.807) is 0 Å². The molecule has 0 aliphatic heterocycles. The average molecular weight is 271 g/mol. The van der Waals surface area contributed by atoms with E-state index in [-0.39, 0.29) is 11.4 Å². The van der Waals surface area contributed by atoms with Gasteiger partial charge in [-0.1, -0.05) is 11.2 Å². The lowest BCUT2D eigenvalue weighted by atomic mass is 10.1. The summed E-state index contributed by atoms with van der Waals surface area (Å²) in [4.78, 5) is 15.2. The molecule has 0 bridgehead atoms. The van der Waals surface area contributed by atoms with E-state index >= 15 is 0 Å². The van der Waals surface area contributed by atoms with E-state index < -0.39 is 18.1 Å². The molecule has 2 rings (SSSR count). The first kappa shape index (κ1) is 13.1. The molecule has 0 aromatic carbocycles. The first-order chi connectivity index (χ1) is 8.98. The van der Waals surface area contributed by atoms with Crippen LogP contribution in [0.15, 0.2) is 41.2 Å². The van der Waals surface area contributed by atoms with Crippen molar-refractivity contribution in [2.75, 3.05) is 0 Å². The van der Waals surface area contributed by atoms with Crippen LogP contribution in [-0.4, -0.2) is 22.2 Å². The van der Waals surface area contributed by atoms with Gasteiger partial charge in [0.2, 0.25) is 0 Å². The van der Waals surface area contributed by atoms with Crippen LogP contribution in [-0.2, 0) is 0 Å². The van der Waals surface area contributed by atoms with E-state index in [1.165, 1.54) is 30.5 Å². The third-order valence-electron chi connectivity index (χ3n) is 2.26. The zero-order valence-electron chi connectivity index (χ0n) is 9.39. The van der Waals surface area contributed by atoms with Crippen molar-refractivity contribution in [3.63, 3.8) is 0 Å². The third kappa shape index (κ3) is 3.09. The zero-order valence-corrected chi connectivity index (χ0v) is 9.39. The Bertz CT molecular complexity index is 540. The maximum absolute atomic E-state index is 12.9. The second-order valence-electron chi connectivity index (χ2n) is 3.59. The molecule has 0 fully saturated rings. The van der Waals surface area contributed by atoms with Gasteiger partial charge in [0.25, 0.3) is 5.91 Å². The smallest absolute Gasteiger partial charge is 0.364 e. The van der Waals surface area contributed by atoms with Crippen LogP contribution in [0.5, 0.6) is 0 Å². The maximum atomic E-state index is 12.9. The van der Waals surface area contributed by atoms with Gasteiger partial charge in [0.1, 0.15) is 6.26 Å². The van der Waals surface area contributed by atoms with E-state index in [9.17, 15) is 18.0 Å². The second-order valence-corrected chi connectivity index (χ2v) is 3.59. The summed E-state index contributed by atoms with van der Waals surface area (Å²) in [5.74, 6) is -0.985. The van der Waals surface area contributed by atoms with Gasteiger partial charge in [-0.25, -0.2) is 0 Å². The summed E-state index contributed by atoms with van der Waals surface area (Å²) in [5, 5.41) is 5.10. The molecule has 1 atom stereocenters. The molecule has 0 aliphatic rings.